The van der Waals surface area contributed by atoms with E-state index >= 15 is 0 Å². The van der Waals surface area contributed by atoms with Crippen LogP contribution in [-0.2, 0) is 6.54 Å². The summed E-state index contributed by atoms with van der Waals surface area (Å²) in [6.07, 6.45) is 3.95. The van der Waals surface area contributed by atoms with Crippen molar-refractivity contribution < 1.29 is 0 Å². The van der Waals surface area contributed by atoms with E-state index in [2.05, 4.69) is 21.0 Å². The molecule has 0 bridgehead atoms. The van der Waals surface area contributed by atoms with Crippen molar-refractivity contribution in [2.24, 2.45) is 0 Å². The van der Waals surface area contributed by atoms with Gasteiger partial charge in [0.1, 0.15) is 5.52 Å². The van der Waals surface area contributed by atoms with Gasteiger partial charge in [-0.05, 0) is 48.7 Å². The molecule has 5 nitrogen and oxygen atoms in total. The molecule has 7 heteroatoms. The summed E-state index contributed by atoms with van der Waals surface area (Å²) in [7, 11) is 0. The molecule has 2 aromatic carbocycles. The van der Waals surface area contributed by atoms with Crippen molar-refractivity contribution in [2.45, 2.75) is 25.3 Å². The summed E-state index contributed by atoms with van der Waals surface area (Å²) < 4.78 is 4.24. The lowest BCUT2D eigenvalue weighted by atomic mass is 10.2. The zero-order chi connectivity index (χ0) is 19.3. The van der Waals surface area contributed by atoms with E-state index in [1.54, 1.807) is 21.6 Å². The quantitative estimate of drug-likeness (QED) is 0.439. The molecular weight excluding hydrogens is 440 g/mol. The van der Waals surface area contributed by atoms with Gasteiger partial charge in [-0.1, -0.05) is 45.7 Å². The standard InChI is InChI=1S/C21H16BrClN4O/c22-15-8-4-13(5-9-15)12-26-21(28)20-18(19(25-26)14-6-7-14)11-24-27(20)17-3-1-2-16(23)10-17/h1-5,8-11,14H,6-7,12H2. The molecule has 1 aliphatic carbocycles. The van der Waals surface area contributed by atoms with Crippen LogP contribution >= 0.6 is 27.5 Å². The van der Waals surface area contributed by atoms with Gasteiger partial charge >= 0.3 is 0 Å². The molecule has 1 aliphatic rings. The summed E-state index contributed by atoms with van der Waals surface area (Å²) in [6.45, 7) is 0.419. The van der Waals surface area contributed by atoms with E-state index in [9.17, 15) is 4.79 Å². The Balaban J connectivity index is 1.71. The second kappa shape index (κ2) is 6.87. The fourth-order valence-electron chi connectivity index (χ4n) is 3.43. The normalized spacial score (nSPS) is 13.9. The maximum absolute atomic E-state index is 13.3. The van der Waals surface area contributed by atoms with Crippen LogP contribution in [0.2, 0.25) is 5.02 Å². The molecule has 2 heterocycles. The Morgan fingerprint density at radius 3 is 2.64 bits per heavy atom. The highest BCUT2D eigenvalue weighted by molar-refractivity contribution is 9.10. The third-order valence-electron chi connectivity index (χ3n) is 4.97. The minimum Gasteiger partial charge on any atom is -0.265 e. The Bertz CT molecular complexity index is 1240. The molecule has 140 valence electrons. The Labute approximate surface area is 174 Å². The summed E-state index contributed by atoms with van der Waals surface area (Å²) in [4.78, 5) is 13.3. The van der Waals surface area contributed by atoms with Crippen molar-refractivity contribution in [3.63, 3.8) is 0 Å². The first kappa shape index (κ1) is 17.6. The van der Waals surface area contributed by atoms with Crippen LogP contribution in [0.25, 0.3) is 16.6 Å². The van der Waals surface area contributed by atoms with Crippen LogP contribution in [0.1, 0.15) is 30.0 Å². The number of nitrogens with zero attached hydrogens (tertiary/aromatic N) is 4. The zero-order valence-corrected chi connectivity index (χ0v) is 17.2. The van der Waals surface area contributed by atoms with Gasteiger partial charge < -0.3 is 0 Å². The van der Waals surface area contributed by atoms with Gasteiger partial charge in [-0.2, -0.15) is 10.2 Å². The molecule has 0 aliphatic heterocycles. The Morgan fingerprint density at radius 1 is 1.14 bits per heavy atom. The number of hydrogen-bond acceptors (Lipinski definition) is 3. The second-order valence-electron chi connectivity index (χ2n) is 7.05. The van der Waals surface area contributed by atoms with E-state index in [4.69, 9.17) is 16.7 Å². The van der Waals surface area contributed by atoms with Gasteiger partial charge in [0.15, 0.2) is 0 Å². The number of benzene rings is 2. The smallest absolute Gasteiger partial charge is 0.265 e. The highest BCUT2D eigenvalue weighted by atomic mass is 79.9. The van der Waals surface area contributed by atoms with Crippen molar-refractivity contribution in [3.8, 4) is 5.69 Å². The molecule has 4 aromatic rings. The van der Waals surface area contributed by atoms with E-state index < -0.39 is 0 Å². The first-order chi connectivity index (χ1) is 13.6. The predicted octanol–water partition coefficient (Wildman–Crippen LogP) is 4.92. The zero-order valence-electron chi connectivity index (χ0n) is 14.8. The van der Waals surface area contributed by atoms with Crippen LogP contribution in [0.4, 0.5) is 0 Å². The van der Waals surface area contributed by atoms with E-state index in [-0.39, 0.29) is 5.56 Å². The van der Waals surface area contributed by atoms with Gasteiger partial charge in [-0.15, -0.1) is 0 Å². The minimum absolute atomic E-state index is 0.153. The molecule has 1 saturated carbocycles. The molecule has 2 aromatic heterocycles. The molecule has 1 fully saturated rings. The van der Waals surface area contributed by atoms with Crippen molar-refractivity contribution in [2.75, 3.05) is 0 Å². The summed E-state index contributed by atoms with van der Waals surface area (Å²) >= 11 is 9.60. The van der Waals surface area contributed by atoms with Gasteiger partial charge in [0.25, 0.3) is 5.56 Å². The van der Waals surface area contributed by atoms with Crippen molar-refractivity contribution in [3.05, 3.63) is 85.8 Å². The third-order valence-corrected chi connectivity index (χ3v) is 5.74. The average Bonchev–Trinajstić information content (AvgIpc) is 3.43. The molecule has 0 amide bonds. The Hall–Kier alpha value is -2.44. The molecule has 0 saturated heterocycles. The maximum atomic E-state index is 13.3. The number of halogens is 2. The summed E-state index contributed by atoms with van der Waals surface area (Å²) in [5, 5.41) is 10.7. The summed E-state index contributed by atoms with van der Waals surface area (Å²) in [5.41, 5.74) is 3.14. The van der Waals surface area contributed by atoms with Crippen molar-refractivity contribution in [1.82, 2.24) is 19.6 Å². The molecule has 0 radical (unpaired) electrons. The lowest BCUT2D eigenvalue weighted by Gasteiger charge is -2.10. The molecule has 0 atom stereocenters. The average molecular weight is 456 g/mol. The van der Waals surface area contributed by atoms with Gasteiger partial charge in [-0.25, -0.2) is 9.36 Å². The van der Waals surface area contributed by atoms with Crippen LogP contribution < -0.4 is 5.56 Å². The topological polar surface area (TPSA) is 52.7 Å². The summed E-state index contributed by atoms with van der Waals surface area (Å²) in [6, 6.07) is 15.3. The Morgan fingerprint density at radius 2 is 1.93 bits per heavy atom. The number of rotatable bonds is 4. The highest BCUT2D eigenvalue weighted by Gasteiger charge is 2.30. The highest BCUT2D eigenvalue weighted by Crippen LogP contribution is 2.41. The second-order valence-corrected chi connectivity index (χ2v) is 8.40. The van der Waals surface area contributed by atoms with Crippen LogP contribution in [0.5, 0.6) is 0 Å². The Kier molecular flexibility index (Phi) is 4.33. The maximum Gasteiger partial charge on any atom is 0.293 e. The molecular formula is C21H16BrClN4O. The first-order valence-corrected chi connectivity index (χ1v) is 10.3. The van der Waals surface area contributed by atoms with Crippen LogP contribution in [0.3, 0.4) is 0 Å². The molecule has 0 unspecified atom stereocenters. The third kappa shape index (κ3) is 3.16. The number of hydrogen-bond donors (Lipinski definition) is 0. The van der Waals surface area contributed by atoms with E-state index in [1.165, 1.54) is 0 Å². The van der Waals surface area contributed by atoms with Crippen LogP contribution in [-0.4, -0.2) is 19.6 Å². The van der Waals surface area contributed by atoms with Gasteiger partial charge in [-0.3, -0.25) is 4.79 Å². The largest absolute Gasteiger partial charge is 0.293 e. The minimum atomic E-state index is -0.153. The van der Waals surface area contributed by atoms with Crippen molar-refractivity contribution >= 4 is 38.4 Å². The lowest BCUT2D eigenvalue weighted by Crippen LogP contribution is -2.26. The van der Waals surface area contributed by atoms with Gasteiger partial charge in [0.2, 0.25) is 0 Å². The molecule has 5 rings (SSSR count). The predicted molar refractivity (Wildman–Crippen MR) is 113 cm³/mol. The fraction of sp³-hybridized carbons (Fsp3) is 0.190. The SMILES string of the molecule is O=c1c2c(cnn2-c2cccc(Cl)c2)c(C2CC2)nn1Cc1ccc(Br)cc1. The lowest BCUT2D eigenvalue weighted by molar-refractivity contribution is 0.626. The number of aromatic nitrogens is 4. The molecule has 0 spiro atoms. The first-order valence-electron chi connectivity index (χ1n) is 9.09. The van der Waals surface area contributed by atoms with Gasteiger partial charge in [0.05, 0.1) is 24.1 Å². The number of fused-ring (bicyclic) bond motifs is 1. The molecule has 0 N–H and O–H groups in total. The van der Waals surface area contributed by atoms with E-state index in [1.807, 2.05) is 42.5 Å². The van der Waals surface area contributed by atoms with Gasteiger partial charge in [0, 0.05) is 20.8 Å². The van der Waals surface area contributed by atoms with E-state index in [0.29, 0.717) is 23.0 Å². The molecule has 28 heavy (non-hydrogen) atoms. The monoisotopic (exact) mass is 454 g/mol. The van der Waals surface area contributed by atoms with Crippen molar-refractivity contribution in [1.29, 1.82) is 0 Å². The fourth-order valence-corrected chi connectivity index (χ4v) is 3.87. The van der Waals surface area contributed by atoms with E-state index in [0.717, 1.165) is 39.6 Å². The van der Waals surface area contributed by atoms with Crippen LogP contribution in [0.15, 0.2) is 64.0 Å². The van der Waals surface area contributed by atoms with Crippen LogP contribution in [0, 0.1) is 0 Å². The summed E-state index contributed by atoms with van der Waals surface area (Å²) in [5.74, 6) is 0.399.